The average Bonchev–Trinajstić information content (AvgIpc) is 2.44. The molecular weight excluding hydrogens is 259 g/mol. The van der Waals surface area contributed by atoms with Crippen molar-refractivity contribution in [3.05, 3.63) is 30.1 Å². The standard InChI is InChI=1S/C15H21FN2O2/c1-11(20-14-5-3-12(16)4-6-14)15(19)17-13-7-9-18(2)10-8-13/h3-6,11,13H,7-10H2,1-2H3,(H,17,19)/t11-/m0/s1. The zero-order valence-corrected chi connectivity index (χ0v) is 11.9. The Balaban J connectivity index is 1.81. The van der Waals surface area contributed by atoms with Crippen LogP contribution in [0.3, 0.4) is 0 Å². The second-order valence-corrected chi connectivity index (χ2v) is 5.30. The van der Waals surface area contributed by atoms with Crippen LogP contribution in [0.5, 0.6) is 5.75 Å². The Hall–Kier alpha value is -1.62. The molecule has 1 atom stereocenters. The Labute approximate surface area is 118 Å². The van der Waals surface area contributed by atoms with Crippen LogP contribution < -0.4 is 10.1 Å². The number of carbonyl (C=O) groups is 1. The van der Waals surface area contributed by atoms with Crippen LogP contribution in [0.25, 0.3) is 0 Å². The molecule has 1 fully saturated rings. The van der Waals surface area contributed by atoms with Crippen LogP contribution in [0.15, 0.2) is 24.3 Å². The van der Waals surface area contributed by atoms with Crippen molar-refractivity contribution in [3.8, 4) is 5.75 Å². The summed E-state index contributed by atoms with van der Waals surface area (Å²) in [5.74, 6) is 0.0575. The number of nitrogens with one attached hydrogen (secondary N) is 1. The number of hydrogen-bond acceptors (Lipinski definition) is 3. The van der Waals surface area contributed by atoms with Crippen molar-refractivity contribution in [1.82, 2.24) is 10.2 Å². The third-order valence-corrected chi connectivity index (χ3v) is 3.56. The average molecular weight is 280 g/mol. The van der Waals surface area contributed by atoms with Gasteiger partial charge in [0.2, 0.25) is 0 Å². The van der Waals surface area contributed by atoms with E-state index in [1.54, 1.807) is 6.92 Å². The maximum absolute atomic E-state index is 12.8. The summed E-state index contributed by atoms with van der Waals surface area (Å²) in [5, 5.41) is 3.01. The second kappa shape index (κ2) is 6.70. The molecule has 1 aromatic rings. The van der Waals surface area contributed by atoms with Gasteiger partial charge >= 0.3 is 0 Å². The van der Waals surface area contributed by atoms with Gasteiger partial charge in [0.05, 0.1) is 0 Å². The van der Waals surface area contributed by atoms with Gasteiger partial charge in [0, 0.05) is 6.04 Å². The van der Waals surface area contributed by atoms with Crippen LogP contribution in [-0.4, -0.2) is 43.1 Å². The first-order valence-corrected chi connectivity index (χ1v) is 6.96. The highest BCUT2D eigenvalue weighted by molar-refractivity contribution is 5.81. The van der Waals surface area contributed by atoms with E-state index in [-0.39, 0.29) is 17.8 Å². The van der Waals surface area contributed by atoms with E-state index < -0.39 is 6.10 Å². The smallest absolute Gasteiger partial charge is 0.260 e. The summed E-state index contributed by atoms with van der Waals surface area (Å²) in [5.41, 5.74) is 0. The third-order valence-electron chi connectivity index (χ3n) is 3.56. The number of carbonyl (C=O) groups excluding carboxylic acids is 1. The number of benzene rings is 1. The Bertz CT molecular complexity index is 442. The summed E-state index contributed by atoms with van der Waals surface area (Å²) >= 11 is 0. The second-order valence-electron chi connectivity index (χ2n) is 5.30. The van der Waals surface area contributed by atoms with E-state index in [1.807, 2.05) is 0 Å². The van der Waals surface area contributed by atoms with Gasteiger partial charge < -0.3 is 15.0 Å². The summed E-state index contributed by atoms with van der Waals surface area (Å²) in [4.78, 5) is 14.3. The van der Waals surface area contributed by atoms with E-state index in [1.165, 1.54) is 24.3 Å². The summed E-state index contributed by atoms with van der Waals surface area (Å²) < 4.78 is 18.3. The van der Waals surface area contributed by atoms with Gasteiger partial charge in [0.1, 0.15) is 11.6 Å². The van der Waals surface area contributed by atoms with E-state index in [9.17, 15) is 9.18 Å². The normalized spacial score (nSPS) is 18.6. The Morgan fingerprint density at radius 2 is 1.95 bits per heavy atom. The number of likely N-dealkylation sites (tertiary alicyclic amines) is 1. The van der Waals surface area contributed by atoms with Crippen molar-refractivity contribution < 1.29 is 13.9 Å². The maximum atomic E-state index is 12.8. The highest BCUT2D eigenvalue weighted by Crippen LogP contribution is 2.14. The highest BCUT2D eigenvalue weighted by atomic mass is 19.1. The lowest BCUT2D eigenvalue weighted by molar-refractivity contribution is -0.128. The maximum Gasteiger partial charge on any atom is 0.260 e. The van der Waals surface area contributed by atoms with Gasteiger partial charge in [0.25, 0.3) is 5.91 Å². The molecule has 0 aromatic heterocycles. The molecule has 1 heterocycles. The summed E-state index contributed by atoms with van der Waals surface area (Å²) in [7, 11) is 2.08. The van der Waals surface area contributed by atoms with E-state index >= 15 is 0 Å². The van der Waals surface area contributed by atoms with Crippen molar-refractivity contribution in [3.63, 3.8) is 0 Å². The van der Waals surface area contributed by atoms with Gasteiger partial charge in [-0.3, -0.25) is 4.79 Å². The van der Waals surface area contributed by atoms with Crippen LogP contribution in [-0.2, 0) is 4.79 Å². The molecule has 20 heavy (non-hydrogen) atoms. The molecule has 5 heteroatoms. The van der Waals surface area contributed by atoms with Gasteiger partial charge in [-0.1, -0.05) is 0 Å². The first-order chi connectivity index (χ1) is 9.54. The summed E-state index contributed by atoms with van der Waals surface area (Å²) in [6.07, 6.45) is 1.34. The molecular formula is C15H21FN2O2. The lowest BCUT2D eigenvalue weighted by atomic mass is 10.1. The topological polar surface area (TPSA) is 41.6 Å². The minimum atomic E-state index is -0.583. The molecule has 0 unspecified atom stereocenters. The summed E-state index contributed by atoms with van der Waals surface area (Å²) in [6, 6.07) is 5.90. The molecule has 0 saturated carbocycles. The van der Waals surface area contributed by atoms with Crippen LogP contribution in [0.4, 0.5) is 4.39 Å². The largest absolute Gasteiger partial charge is 0.481 e. The Morgan fingerprint density at radius 1 is 1.35 bits per heavy atom. The van der Waals surface area contributed by atoms with E-state index in [0.717, 1.165) is 25.9 Å². The number of rotatable bonds is 4. The van der Waals surface area contributed by atoms with Crippen LogP contribution in [0.2, 0.25) is 0 Å². The monoisotopic (exact) mass is 280 g/mol. The molecule has 0 aliphatic carbocycles. The molecule has 4 nitrogen and oxygen atoms in total. The molecule has 1 aliphatic rings. The molecule has 0 bridgehead atoms. The quantitative estimate of drug-likeness (QED) is 0.914. The molecule has 1 saturated heterocycles. The van der Waals surface area contributed by atoms with Crippen LogP contribution >= 0.6 is 0 Å². The Kier molecular flexibility index (Phi) is 4.95. The number of piperidine rings is 1. The number of ether oxygens (including phenoxy) is 1. The molecule has 1 amide bonds. The third kappa shape index (κ3) is 4.20. The highest BCUT2D eigenvalue weighted by Gasteiger charge is 2.22. The fourth-order valence-electron chi connectivity index (χ4n) is 2.24. The van der Waals surface area contributed by atoms with Gasteiger partial charge in [-0.25, -0.2) is 4.39 Å². The number of hydrogen-bond donors (Lipinski definition) is 1. The number of nitrogens with zero attached hydrogens (tertiary/aromatic N) is 1. The van der Waals surface area contributed by atoms with Crippen molar-refractivity contribution in [2.24, 2.45) is 0 Å². The molecule has 110 valence electrons. The molecule has 1 aromatic carbocycles. The lowest BCUT2D eigenvalue weighted by Crippen LogP contribution is -2.47. The van der Waals surface area contributed by atoms with Gasteiger partial charge in [0.15, 0.2) is 6.10 Å². The van der Waals surface area contributed by atoms with E-state index in [2.05, 4.69) is 17.3 Å². The zero-order valence-electron chi connectivity index (χ0n) is 11.9. The first kappa shape index (κ1) is 14.8. The van der Waals surface area contributed by atoms with Crippen LogP contribution in [0.1, 0.15) is 19.8 Å². The molecule has 2 rings (SSSR count). The zero-order chi connectivity index (χ0) is 14.5. The molecule has 0 spiro atoms. The lowest BCUT2D eigenvalue weighted by Gasteiger charge is -2.30. The number of amides is 1. The minimum absolute atomic E-state index is 0.121. The van der Waals surface area contributed by atoms with E-state index in [0.29, 0.717) is 5.75 Å². The number of halogens is 1. The first-order valence-electron chi connectivity index (χ1n) is 6.96. The SMILES string of the molecule is C[C@H](Oc1ccc(F)cc1)C(=O)NC1CCN(C)CC1. The van der Waals surface area contributed by atoms with Gasteiger partial charge in [-0.2, -0.15) is 0 Å². The fourth-order valence-corrected chi connectivity index (χ4v) is 2.24. The van der Waals surface area contributed by atoms with Crippen molar-refractivity contribution in [2.45, 2.75) is 31.9 Å². The minimum Gasteiger partial charge on any atom is -0.481 e. The predicted molar refractivity (Wildman–Crippen MR) is 75.2 cm³/mol. The van der Waals surface area contributed by atoms with Crippen LogP contribution in [0, 0.1) is 5.82 Å². The van der Waals surface area contributed by atoms with Crippen molar-refractivity contribution >= 4 is 5.91 Å². The predicted octanol–water partition coefficient (Wildman–Crippen LogP) is 1.80. The molecule has 0 radical (unpaired) electrons. The van der Waals surface area contributed by atoms with Gasteiger partial charge in [-0.05, 0) is 64.2 Å². The fraction of sp³-hybridized carbons (Fsp3) is 0.533. The van der Waals surface area contributed by atoms with Crippen molar-refractivity contribution in [2.75, 3.05) is 20.1 Å². The van der Waals surface area contributed by atoms with E-state index in [4.69, 9.17) is 4.74 Å². The van der Waals surface area contributed by atoms with Crippen molar-refractivity contribution in [1.29, 1.82) is 0 Å². The van der Waals surface area contributed by atoms with Gasteiger partial charge in [-0.15, -0.1) is 0 Å². The molecule has 1 aliphatic heterocycles. The summed E-state index contributed by atoms with van der Waals surface area (Å²) in [6.45, 7) is 3.70. The Morgan fingerprint density at radius 3 is 2.55 bits per heavy atom. The molecule has 1 N–H and O–H groups in total.